The van der Waals surface area contributed by atoms with Crippen LogP contribution < -0.4 is 10.1 Å². The highest BCUT2D eigenvalue weighted by molar-refractivity contribution is 5.46. The molecule has 0 saturated carbocycles. The maximum Gasteiger partial charge on any atom is 0.130 e. The number of aliphatic hydroxyl groups is 2. The van der Waals surface area contributed by atoms with Gasteiger partial charge < -0.3 is 20.3 Å². The van der Waals surface area contributed by atoms with Crippen LogP contribution in [0.4, 0.5) is 5.69 Å². The Morgan fingerprint density at radius 2 is 2.05 bits per heavy atom. The van der Waals surface area contributed by atoms with E-state index in [0.717, 1.165) is 17.1 Å². The Bertz CT molecular complexity index is 525. The molecule has 0 fully saturated rings. The number of hydrogen-bond donors (Lipinski definition) is 3. The summed E-state index contributed by atoms with van der Waals surface area (Å²) in [5.41, 5.74) is 1.86. The van der Waals surface area contributed by atoms with Gasteiger partial charge in [0.05, 0.1) is 18.4 Å². The Kier molecular flexibility index (Phi) is 4.97. The maximum atomic E-state index is 9.24. The van der Waals surface area contributed by atoms with Crippen LogP contribution in [0.25, 0.3) is 0 Å². The third kappa shape index (κ3) is 3.97. The molecule has 1 aromatic heterocycles. The average molecular weight is 277 g/mol. The number of rotatable bonds is 7. The first-order valence-electron chi connectivity index (χ1n) is 6.41. The molecule has 6 heteroatoms. The molecule has 1 aromatic carbocycles. The Morgan fingerprint density at radius 1 is 1.30 bits per heavy atom. The molecule has 2 aromatic rings. The van der Waals surface area contributed by atoms with Crippen molar-refractivity contribution in [3.05, 3.63) is 42.2 Å². The molecular formula is C14H19N3O3. The van der Waals surface area contributed by atoms with Crippen LogP contribution >= 0.6 is 0 Å². The van der Waals surface area contributed by atoms with Gasteiger partial charge in [0.25, 0.3) is 0 Å². The van der Waals surface area contributed by atoms with Crippen molar-refractivity contribution in [3.8, 4) is 5.75 Å². The Balaban J connectivity index is 1.84. The van der Waals surface area contributed by atoms with E-state index in [1.165, 1.54) is 0 Å². The van der Waals surface area contributed by atoms with Crippen molar-refractivity contribution in [2.24, 2.45) is 7.05 Å². The van der Waals surface area contributed by atoms with Gasteiger partial charge >= 0.3 is 0 Å². The Morgan fingerprint density at radius 3 is 2.65 bits per heavy atom. The van der Waals surface area contributed by atoms with Crippen molar-refractivity contribution in [3.63, 3.8) is 0 Å². The zero-order valence-corrected chi connectivity index (χ0v) is 11.4. The molecule has 0 amide bonds. The number of nitrogens with one attached hydrogen (secondary N) is 1. The topological polar surface area (TPSA) is 79.5 Å². The summed E-state index contributed by atoms with van der Waals surface area (Å²) in [5, 5.41) is 25.1. The zero-order chi connectivity index (χ0) is 14.4. The van der Waals surface area contributed by atoms with Crippen LogP contribution in [0.1, 0.15) is 5.69 Å². The van der Waals surface area contributed by atoms with Gasteiger partial charge in [-0.2, -0.15) is 5.10 Å². The van der Waals surface area contributed by atoms with Crippen molar-refractivity contribution in [2.45, 2.75) is 12.7 Å². The van der Waals surface area contributed by atoms with Gasteiger partial charge in [0, 0.05) is 25.5 Å². The number of aromatic nitrogens is 2. The molecule has 6 nitrogen and oxygen atoms in total. The highest BCUT2D eigenvalue weighted by Crippen LogP contribution is 2.16. The fraction of sp³-hybridized carbons (Fsp3) is 0.357. The van der Waals surface area contributed by atoms with Crippen molar-refractivity contribution < 1.29 is 14.9 Å². The molecule has 0 aliphatic carbocycles. The first-order chi connectivity index (χ1) is 9.69. The largest absolute Gasteiger partial charge is 0.487 e. The molecule has 0 saturated heterocycles. The summed E-state index contributed by atoms with van der Waals surface area (Å²) in [6.45, 7) is 0.525. The number of ether oxygens (including phenoxy) is 1. The first kappa shape index (κ1) is 14.4. The molecule has 20 heavy (non-hydrogen) atoms. The van der Waals surface area contributed by atoms with Gasteiger partial charge in [-0.15, -0.1) is 0 Å². The fourth-order valence-corrected chi connectivity index (χ4v) is 1.67. The molecule has 3 N–H and O–H groups in total. The minimum atomic E-state index is -0.754. The predicted octanol–water partition coefficient (Wildman–Crippen LogP) is 0.764. The number of hydrogen-bond acceptors (Lipinski definition) is 5. The van der Waals surface area contributed by atoms with Crippen LogP contribution in [-0.2, 0) is 13.7 Å². The molecule has 0 aliphatic rings. The fourth-order valence-electron chi connectivity index (χ4n) is 1.67. The lowest BCUT2D eigenvalue weighted by atomic mass is 10.3. The second-order valence-corrected chi connectivity index (χ2v) is 4.48. The number of aryl methyl sites for hydroxylation is 1. The van der Waals surface area contributed by atoms with Crippen molar-refractivity contribution in [1.29, 1.82) is 0 Å². The van der Waals surface area contributed by atoms with Gasteiger partial charge in [-0.05, 0) is 30.3 Å². The highest BCUT2D eigenvalue weighted by Gasteiger charge is 2.02. The lowest BCUT2D eigenvalue weighted by Gasteiger charge is -2.11. The van der Waals surface area contributed by atoms with Gasteiger partial charge in [0.2, 0.25) is 0 Å². The second kappa shape index (κ2) is 6.93. The van der Waals surface area contributed by atoms with Gasteiger partial charge in [-0.1, -0.05) is 0 Å². The van der Waals surface area contributed by atoms with Crippen LogP contribution in [0, 0.1) is 0 Å². The lowest BCUT2D eigenvalue weighted by Crippen LogP contribution is -2.22. The highest BCUT2D eigenvalue weighted by atomic mass is 16.5. The second-order valence-electron chi connectivity index (χ2n) is 4.48. The molecule has 0 bridgehead atoms. The summed E-state index contributed by atoms with van der Waals surface area (Å²) in [6, 6.07) is 9.34. The third-order valence-corrected chi connectivity index (χ3v) is 2.92. The predicted molar refractivity (Wildman–Crippen MR) is 75.6 cm³/mol. The molecule has 0 radical (unpaired) electrons. The standard InChI is InChI=1S/C14H19N3O3/c1-17-12(6-7-16-17)10-20-14-4-2-11(3-5-14)15-8-13(19)9-18/h2-7,13,15,18-19H,8-10H2,1H3. The third-order valence-electron chi connectivity index (χ3n) is 2.92. The molecule has 1 heterocycles. The summed E-state index contributed by atoms with van der Waals surface area (Å²) >= 11 is 0. The molecule has 1 unspecified atom stereocenters. The number of anilines is 1. The maximum absolute atomic E-state index is 9.24. The molecule has 0 aliphatic heterocycles. The van der Waals surface area contributed by atoms with Gasteiger partial charge in [-0.25, -0.2) is 0 Å². The van der Waals surface area contributed by atoms with Gasteiger partial charge in [0.1, 0.15) is 12.4 Å². The van der Waals surface area contributed by atoms with E-state index in [1.807, 2.05) is 37.4 Å². The van der Waals surface area contributed by atoms with E-state index in [4.69, 9.17) is 9.84 Å². The Hall–Kier alpha value is -2.05. The van der Waals surface area contributed by atoms with Crippen LogP contribution in [0.3, 0.4) is 0 Å². The van der Waals surface area contributed by atoms with E-state index in [-0.39, 0.29) is 6.61 Å². The van der Waals surface area contributed by atoms with Gasteiger partial charge in [0.15, 0.2) is 0 Å². The number of aliphatic hydroxyl groups excluding tert-OH is 2. The first-order valence-corrected chi connectivity index (χ1v) is 6.41. The number of benzene rings is 1. The van der Waals surface area contributed by atoms with Crippen LogP contribution in [0.5, 0.6) is 5.75 Å². The summed E-state index contributed by atoms with van der Waals surface area (Å²) in [5.74, 6) is 0.763. The molecule has 1 atom stereocenters. The minimum absolute atomic E-state index is 0.251. The van der Waals surface area contributed by atoms with E-state index < -0.39 is 6.10 Å². The molecule has 2 rings (SSSR count). The van der Waals surface area contributed by atoms with E-state index in [0.29, 0.717) is 13.2 Å². The molecule has 108 valence electrons. The van der Waals surface area contributed by atoms with Crippen LogP contribution in [0.2, 0.25) is 0 Å². The zero-order valence-electron chi connectivity index (χ0n) is 11.4. The lowest BCUT2D eigenvalue weighted by molar-refractivity contribution is 0.105. The van der Waals surface area contributed by atoms with E-state index >= 15 is 0 Å². The van der Waals surface area contributed by atoms with Crippen molar-refractivity contribution >= 4 is 5.69 Å². The SMILES string of the molecule is Cn1nccc1COc1ccc(NCC(O)CO)cc1. The molecule has 0 spiro atoms. The van der Waals surface area contributed by atoms with E-state index in [2.05, 4.69) is 10.4 Å². The minimum Gasteiger partial charge on any atom is -0.487 e. The normalized spacial score (nSPS) is 12.2. The average Bonchev–Trinajstić information content (AvgIpc) is 2.89. The van der Waals surface area contributed by atoms with E-state index in [9.17, 15) is 5.11 Å². The Labute approximate surface area is 117 Å². The van der Waals surface area contributed by atoms with Crippen LogP contribution in [0.15, 0.2) is 36.5 Å². The van der Waals surface area contributed by atoms with Crippen molar-refractivity contribution in [2.75, 3.05) is 18.5 Å². The summed E-state index contributed by atoms with van der Waals surface area (Å²) in [7, 11) is 1.87. The summed E-state index contributed by atoms with van der Waals surface area (Å²) in [6.07, 6.45) is 0.980. The van der Waals surface area contributed by atoms with Crippen molar-refractivity contribution in [1.82, 2.24) is 9.78 Å². The summed E-state index contributed by atoms with van der Waals surface area (Å²) in [4.78, 5) is 0. The number of nitrogens with zero attached hydrogens (tertiary/aromatic N) is 2. The monoisotopic (exact) mass is 277 g/mol. The van der Waals surface area contributed by atoms with Crippen LogP contribution in [-0.4, -0.2) is 39.2 Å². The van der Waals surface area contributed by atoms with E-state index in [1.54, 1.807) is 10.9 Å². The molecular weight excluding hydrogens is 258 g/mol. The quantitative estimate of drug-likeness (QED) is 0.696. The smallest absolute Gasteiger partial charge is 0.130 e. The van der Waals surface area contributed by atoms with Gasteiger partial charge in [-0.3, -0.25) is 4.68 Å². The summed E-state index contributed by atoms with van der Waals surface area (Å²) < 4.78 is 7.43.